The third kappa shape index (κ3) is 40.1. The van der Waals surface area contributed by atoms with Gasteiger partial charge in [0.25, 0.3) is 0 Å². The van der Waals surface area contributed by atoms with Gasteiger partial charge in [0.2, 0.25) is 0 Å². The number of esters is 3. The summed E-state index contributed by atoms with van der Waals surface area (Å²) in [5, 5.41) is 0. The van der Waals surface area contributed by atoms with Crippen molar-refractivity contribution in [2.45, 2.75) is 260 Å². The van der Waals surface area contributed by atoms with Gasteiger partial charge in [0, 0.05) is 19.3 Å². The summed E-state index contributed by atoms with van der Waals surface area (Å²) >= 11 is 0. The highest BCUT2D eigenvalue weighted by Gasteiger charge is 2.19. The zero-order chi connectivity index (χ0) is 39.9. The summed E-state index contributed by atoms with van der Waals surface area (Å²) in [5.41, 5.74) is 0. The van der Waals surface area contributed by atoms with Crippen LogP contribution in [0.5, 0.6) is 0 Å². The predicted molar refractivity (Wildman–Crippen MR) is 229 cm³/mol. The van der Waals surface area contributed by atoms with Gasteiger partial charge in [0.15, 0.2) is 6.10 Å². The summed E-state index contributed by atoms with van der Waals surface area (Å²) in [7, 11) is 0. The lowest BCUT2D eigenvalue weighted by atomic mass is 9.99. The summed E-state index contributed by atoms with van der Waals surface area (Å²) < 4.78 is 16.7. The van der Waals surface area contributed by atoms with Gasteiger partial charge in [-0.1, -0.05) is 215 Å². The van der Waals surface area contributed by atoms with E-state index in [1.165, 1.54) is 135 Å². The molecule has 320 valence electrons. The summed E-state index contributed by atoms with van der Waals surface area (Å²) in [6, 6.07) is 0. The second-order valence-corrected chi connectivity index (χ2v) is 17.6. The first kappa shape index (κ1) is 52.4. The quantitative estimate of drug-likeness (QED) is 0.0350. The Bertz CT molecular complexity index is 839. The normalized spacial score (nSPS) is 12.7. The van der Waals surface area contributed by atoms with Gasteiger partial charge in [-0.05, 0) is 37.0 Å². The Balaban J connectivity index is 4.34. The number of ether oxygens (including phenoxy) is 3. The fourth-order valence-electron chi connectivity index (χ4n) is 7.02. The van der Waals surface area contributed by atoms with Crippen molar-refractivity contribution in [3.05, 3.63) is 0 Å². The van der Waals surface area contributed by atoms with Crippen molar-refractivity contribution >= 4 is 17.9 Å². The Morgan fingerprint density at radius 2 is 0.648 bits per heavy atom. The SMILES string of the molecule is CCC(C)CCCCCCCCCCCCC(=O)OC[C@H](COC(=O)CCCCCCCCCCC(C)C)OC(=O)CCCCCCCCCCC(C)C. The van der Waals surface area contributed by atoms with Crippen LogP contribution < -0.4 is 0 Å². The fraction of sp³-hybridized carbons (Fsp3) is 0.938. The van der Waals surface area contributed by atoms with Crippen LogP contribution in [-0.2, 0) is 28.6 Å². The van der Waals surface area contributed by atoms with E-state index in [2.05, 4.69) is 41.5 Å². The van der Waals surface area contributed by atoms with E-state index < -0.39 is 6.10 Å². The molecule has 0 aromatic rings. The second-order valence-electron chi connectivity index (χ2n) is 17.6. The van der Waals surface area contributed by atoms with Crippen LogP contribution >= 0.6 is 0 Å². The summed E-state index contributed by atoms with van der Waals surface area (Å²) in [6.45, 7) is 13.6. The molecule has 2 atom stereocenters. The Hall–Kier alpha value is -1.59. The van der Waals surface area contributed by atoms with E-state index in [4.69, 9.17) is 14.2 Å². The Morgan fingerprint density at radius 3 is 0.963 bits per heavy atom. The number of carbonyl (C=O) groups excluding carboxylic acids is 3. The van der Waals surface area contributed by atoms with Crippen molar-refractivity contribution in [3.63, 3.8) is 0 Å². The molecule has 0 aliphatic rings. The van der Waals surface area contributed by atoms with Gasteiger partial charge in [-0.2, -0.15) is 0 Å². The van der Waals surface area contributed by atoms with Crippen LogP contribution in [0.4, 0.5) is 0 Å². The van der Waals surface area contributed by atoms with Crippen LogP contribution in [-0.4, -0.2) is 37.2 Å². The molecule has 0 saturated carbocycles. The molecule has 0 aromatic carbocycles. The first-order valence-corrected chi connectivity index (χ1v) is 23.6. The Morgan fingerprint density at radius 1 is 0.370 bits per heavy atom. The summed E-state index contributed by atoms with van der Waals surface area (Å²) in [6.07, 6.45) is 36.6. The molecule has 0 bridgehead atoms. The molecule has 1 unspecified atom stereocenters. The maximum atomic E-state index is 12.7. The molecule has 0 radical (unpaired) electrons. The molecular weight excluding hydrogens is 673 g/mol. The van der Waals surface area contributed by atoms with E-state index in [1.807, 2.05) is 0 Å². The summed E-state index contributed by atoms with van der Waals surface area (Å²) in [5.74, 6) is 1.60. The monoisotopic (exact) mass is 765 g/mol. The molecule has 54 heavy (non-hydrogen) atoms. The Kier molecular flexibility index (Phi) is 38.5. The van der Waals surface area contributed by atoms with Crippen molar-refractivity contribution in [1.29, 1.82) is 0 Å². The molecule has 0 aliphatic heterocycles. The largest absolute Gasteiger partial charge is 0.462 e. The summed E-state index contributed by atoms with van der Waals surface area (Å²) in [4.78, 5) is 37.8. The third-order valence-electron chi connectivity index (χ3n) is 11.0. The average Bonchev–Trinajstić information content (AvgIpc) is 3.14. The van der Waals surface area contributed by atoms with Gasteiger partial charge < -0.3 is 14.2 Å². The maximum absolute atomic E-state index is 12.7. The van der Waals surface area contributed by atoms with E-state index >= 15 is 0 Å². The minimum atomic E-state index is -0.762. The first-order chi connectivity index (χ1) is 26.1. The zero-order valence-electron chi connectivity index (χ0n) is 37.0. The van der Waals surface area contributed by atoms with Gasteiger partial charge >= 0.3 is 17.9 Å². The second kappa shape index (κ2) is 39.6. The van der Waals surface area contributed by atoms with E-state index in [0.29, 0.717) is 19.3 Å². The number of hydrogen-bond donors (Lipinski definition) is 0. The van der Waals surface area contributed by atoms with Crippen LogP contribution in [0.1, 0.15) is 253 Å². The molecule has 6 nitrogen and oxygen atoms in total. The predicted octanol–water partition coefficient (Wildman–Crippen LogP) is 14.8. The maximum Gasteiger partial charge on any atom is 0.306 e. The fourth-order valence-corrected chi connectivity index (χ4v) is 7.02. The van der Waals surface area contributed by atoms with Crippen molar-refractivity contribution in [2.75, 3.05) is 13.2 Å². The van der Waals surface area contributed by atoms with Crippen molar-refractivity contribution < 1.29 is 28.6 Å². The molecule has 0 fully saturated rings. The molecule has 0 aliphatic carbocycles. The van der Waals surface area contributed by atoms with E-state index in [0.717, 1.165) is 75.5 Å². The molecule has 0 rings (SSSR count). The molecular formula is C48H92O6. The van der Waals surface area contributed by atoms with Crippen LogP contribution in [0.3, 0.4) is 0 Å². The Labute approximate surface area is 336 Å². The van der Waals surface area contributed by atoms with Gasteiger partial charge in [-0.15, -0.1) is 0 Å². The van der Waals surface area contributed by atoms with Crippen LogP contribution in [0.25, 0.3) is 0 Å². The number of unbranched alkanes of at least 4 members (excludes halogenated alkanes) is 23. The van der Waals surface area contributed by atoms with E-state index in [1.54, 1.807) is 0 Å². The lowest BCUT2D eigenvalue weighted by Crippen LogP contribution is -2.30. The first-order valence-electron chi connectivity index (χ1n) is 23.6. The smallest absolute Gasteiger partial charge is 0.306 e. The van der Waals surface area contributed by atoms with Gasteiger partial charge in [-0.25, -0.2) is 0 Å². The highest BCUT2D eigenvalue weighted by molar-refractivity contribution is 5.71. The molecule has 6 heteroatoms. The molecule has 0 amide bonds. The average molecular weight is 765 g/mol. The number of rotatable bonds is 41. The van der Waals surface area contributed by atoms with Crippen LogP contribution in [0.15, 0.2) is 0 Å². The van der Waals surface area contributed by atoms with Gasteiger partial charge in [-0.3, -0.25) is 14.4 Å². The number of hydrogen-bond acceptors (Lipinski definition) is 6. The van der Waals surface area contributed by atoms with Crippen molar-refractivity contribution in [1.82, 2.24) is 0 Å². The van der Waals surface area contributed by atoms with Crippen molar-refractivity contribution in [2.24, 2.45) is 17.8 Å². The van der Waals surface area contributed by atoms with Gasteiger partial charge in [0.1, 0.15) is 13.2 Å². The molecule has 0 heterocycles. The van der Waals surface area contributed by atoms with Crippen LogP contribution in [0, 0.1) is 17.8 Å². The molecule has 0 N–H and O–H groups in total. The lowest BCUT2D eigenvalue weighted by molar-refractivity contribution is -0.167. The van der Waals surface area contributed by atoms with E-state index in [9.17, 15) is 14.4 Å². The third-order valence-corrected chi connectivity index (χ3v) is 11.0. The highest BCUT2D eigenvalue weighted by atomic mass is 16.6. The number of carbonyl (C=O) groups is 3. The lowest BCUT2D eigenvalue weighted by Gasteiger charge is -2.18. The van der Waals surface area contributed by atoms with Crippen LogP contribution in [0.2, 0.25) is 0 Å². The molecule has 0 aromatic heterocycles. The topological polar surface area (TPSA) is 78.9 Å². The highest BCUT2D eigenvalue weighted by Crippen LogP contribution is 2.17. The molecule has 0 saturated heterocycles. The van der Waals surface area contributed by atoms with Crippen molar-refractivity contribution in [3.8, 4) is 0 Å². The zero-order valence-corrected chi connectivity index (χ0v) is 37.0. The minimum absolute atomic E-state index is 0.0663. The molecule has 0 spiro atoms. The van der Waals surface area contributed by atoms with E-state index in [-0.39, 0.29) is 31.1 Å². The van der Waals surface area contributed by atoms with Gasteiger partial charge in [0.05, 0.1) is 0 Å². The standard InChI is InChI=1S/C48H92O6/c1-7-44(6)36-30-24-18-10-8-9-11-19-25-31-37-46(49)52-40-45(54-48(51)39-33-27-21-15-13-17-23-29-35-43(4)5)41-53-47(50)38-32-26-20-14-12-16-22-28-34-42(2)3/h42-45H,7-41H2,1-6H3/t44?,45-/m1/s1. The minimum Gasteiger partial charge on any atom is -0.462 e.